The van der Waals surface area contributed by atoms with Gasteiger partial charge in [0.15, 0.2) is 0 Å². The summed E-state index contributed by atoms with van der Waals surface area (Å²) in [7, 11) is 0. The maximum Gasteiger partial charge on any atom is -0.0345 e. The van der Waals surface area contributed by atoms with Crippen LogP contribution in [0.1, 0.15) is 26.2 Å². The molecule has 0 radical (unpaired) electrons. The van der Waals surface area contributed by atoms with Gasteiger partial charge in [-0.2, -0.15) is 0 Å². The topological polar surface area (TPSA) is 0 Å². The van der Waals surface area contributed by atoms with E-state index < -0.39 is 0 Å². The second kappa shape index (κ2) is 8.22. The van der Waals surface area contributed by atoms with Gasteiger partial charge in [-0.05, 0) is 26.2 Å². The first kappa shape index (κ1) is 9.22. The second-order valence-corrected chi connectivity index (χ2v) is 2.17. The molecule has 0 unspecified atom stereocenters. The molecule has 0 nitrogen and oxygen atoms in total. The summed E-state index contributed by atoms with van der Waals surface area (Å²) in [6, 6.07) is 0. The predicted octanol–water partition coefficient (Wildman–Crippen LogP) is 3.48. The summed E-state index contributed by atoms with van der Waals surface area (Å²) in [6.07, 6.45) is 13.8. The molecule has 0 saturated carbocycles. The van der Waals surface area contributed by atoms with Gasteiger partial charge in [0.2, 0.25) is 0 Å². The third kappa shape index (κ3) is 7.22. The number of unbranched alkanes of at least 4 members (excludes halogenated alkanes) is 2. The zero-order valence-electron chi connectivity index (χ0n) is 6.72. The van der Waals surface area contributed by atoms with Crippen LogP contribution in [0.2, 0.25) is 0 Å². The van der Waals surface area contributed by atoms with Crippen LogP contribution in [0.4, 0.5) is 0 Å². The average molecular weight is 136 g/mol. The highest BCUT2D eigenvalue weighted by atomic mass is 13.8. The van der Waals surface area contributed by atoms with E-state index in [1.165, 1.54) is 6.42 Å². The van der Waals surface area contributed by atoms with Gasteiger partial charge in [-0.25, -0.2) is 0 Å². The molecule has 10 heavy (non-hydrogen) atoms. The molecule has 0 amide bonds. The molecule has 0 aliphatic carbocycles. The van der Waals surface area contributed by atoms with Gasteiger partial charge in [0.05, 0.1) is 0 Å². The van der Waals surface area contributed by atoms with E-state index in [1.807, 2.05) is 25.2 Å². The van der Waals surface area contributed by atoms with Gasteiger partial charge in [0.25, 0.3) is 0 Å². The molecule has 0 aromatic heterocycles. The Morgan fingerprint density at radius 3 is 2.60 bits per heavy atom. The van der Waals surface area contributed by atoms with Crippen molar-refractivity contribution in [3.63, 3.8) is 0 Å². The van der Waals surface area contributed by atoms with Crippen LogP contribution >= 0.6 is 0 Å². The van der Waals surface area contributed by atoms with Gasteiger partial charge in [-0.15, -0.1) is 6.58 Å². The van der Waals surface area contributed by atoms with Crippen LogP contribution < -0.4 is 0 Å². The maximum atomic E-state index is 3.66. The lowest BCUT2D eigenvalue weighted by Crippen LogP contribution is -1.66. The van der Waals surface area contributed by atoms with E-state index in [-0.39, 0.29) is 0 Å². The predicted molar refractivity (Wildman–Crippen MR) is 48.0 cm³/mol. The van der Waals surface area contributed by atoms with Crippen molar-refractivity contribution in [1.29, 1.82) is 0 Å². The first-order valence-corrected chi connectivity index (χ1v) is 3.80. The molecule has 0 rings (SSSR count). The van der Waals surface area contributed by atoms with E-state index in [0.717, 1.165) is 12.8 Å². The Morgan fingerprint density at radius 2 is 2.00 bits per heavy atom. The molecular weight excluding hydrogens is 120 g/mol. The summed E-state index contributed by atoms with van der Waals surface area (Å²) in [5.41, 5.74) is 0. The van der Waals surface area contributed by atoms with Crippen LogP contribution in [0, 0.1) is 0 Å². The number of hydrogen-bond donors (Lipinski definition) is 0. The number of allylic oxidation sites excluding steroid dienone is 5. The highest BCUT2D eigenvalue weighted by Gasteiger charge is 1.76. The zero-order chi connectivity index (χ0) is 7.66. The standard InChI is InChI=1S/C10H16/c1-3-5-7-9-10-8-6-4-2/h3-4,6,8,10H,1,5,7,9H2,2H3. The SMILES string of the molecule is C=CCCCC=CC=CC. The fourth-order valence-electron chi connectivity index (χ4n) is 0.666. The van der Waals surface area contributed by atoms with E-state index in [9.17, 15) is 0 Å². The van der Waals surface area contributed by atoms with Crippen LogP contribution in [0.25, 0.3) is 0 Å². The molecule has 0 aromatic rings. The fourth-order valence-corrected chi connectivity index (χ4v) is 0.666. The van der Waals surface area contributed by atoms with Crippen molar-refractivity contribution < 1.29 is 0 Å². The average Bonchev–Trinajstić information content (AvgIpc) is 1.97. The molecule has 0 fully saturated rings. The van der Waals surface area contributed by atoms with Gasteiger partial charge in [-0.3, -0.25) is 0 Å². The minimum Gasteiger partial charge on any atom is -0.103 e. The van der Waals surface area contributed by atoms with Crippen LogP contribution in [-0.4, -0.2) is 0 Å². The molecule has 0 atom stereocenters. The smallest absolute Gasteiger partial charge is 0.0345 e. The Labute approximate surface area is 64.0 Å². The van der Waals surface area contributed by atoms with Crippen molar-refractivity contribution in [2.45, 2.75) is 26.2 Å². The summed E-state index contributed by atoms with van der Waals surface area (Å²) < 4.78 is 0. The molecule has 0 aliphatic rings. The molecule has 0 heterocycles. The Kier molecular flexibility index (Phi) is 7.58. The van der Waals surface area contributed by atoms with Gasteiger partial charge in [0.1, 0.15) is 0 Å². The number of hydrogen-bond acceptors (Lipinski definition) is 0. The summed E-state index contributed by atoms with van der Waals surface area (Å²) in [4.78, 5) is 0. The highest BCUT2D eigenvalue weighted by molar-refractivity contribution is 5.00. The summed E-state index contributed by atoms with van der Waals surface area (Å²) in [6.45, 7) is 5.68. The van der Waals surface area contributed by atoms with Crippen molar-refractivity contribution in [3.05, 3.63) is 37.0 Å². The van der Waals surface area contributed by atoms with E-state index >= 15 is 0 Å². The summed E-state index contributed by atoms with van der Waals surface area (Å²) in [5.74, 6) is 0. The molecule has 56 valence electrons. The molecule has 0 bridgehead atoms. The third-order valence-electron chi connectivity index (χ3n) is 1.22. The lowest BCUT2D eigenvalue weighted by molar-refractivity contribution is 0.870. The lowest BCUT2D eigenvalue weighted by Gasteiger charge is -1.86. The molecule has 0 N–H and O–H groups in total. The molecule has 0 aliphatic heterocycles. The van der Waals surface area contributed by atoms with Crippen LogP contribution in [-0.2, 0) is 0 Å². The normalized spacial score (nSPS) is 11.3. The van der Waals surface area contributed by atoms with Crippen molar-refractivity contribution in [2.24, 2.45) is 0 Å². The monoisotopic (exact) mass is 136 g/mol. The maximum absolute atomic E-state index is 3.66. The Balaban J connectivity index is 3.09. The van der Waals surface area contributed by atoms with Crippen molar-refractivity contribution in [1.82, 2.24) is 0 Å². The Hall–Kier alpha value is -0.780. The van der Waals surface area contributed by atoms with Crippen LogP contribution in [0.5, 0.6) is 0 Å². The van der Waals surface area contributed by atoms with Gasteiger partial charge >= 0.3 is 0 Å². The van der Waals surface area contributed by atoms with E-state index in [0.29, 0.717) is 0 Å². The lowest BCUT2D eigenvalue weighted by atomic mass is 10.2. The van der Waals surface area contributed by atoms with Gasteiger partial charge in [-0.1, -0.05) is 30.4 Å². The molecule has 0 spiro atoms. The van der Waals surface area contributed by atoms with E-state index in [1.54, 1.807) is 0 Å². The van der Waals surface area contributed by atoms with Crippen molar-refractivity contribution in [2.75, 3.05) is 0 Å². The largest absolute Gasteiger partial charge is 0.103 e. The van der Waals surface area contributed by atoms with Crippen molar-refractivity contribution >= 4 is 0 Å². The van der Waals surface area contributed by atoms with E-state index in [2.05, 4.69) is 18.7 Å². The van der Waals surface area contributed by atoms with Crippen LogP contribution in [0.15, 0.2) is 37.0 Å². The summed E-state index contributed by atoms with van der Waals surface area (Å²) >= 11 is 0. The first-order valence-electron chi connectivity index (χ1n) is 3.80. The Morgan fingerprint density at radius 1 is 1.20 bits per heavy atom. The van der Waals surface area contributed by atoms with E-state index in [4.69, 9.17) is 0 Å². The second-order valence-electron chi connectivity index (χ2n) is 2.17. The quantitative estimate of drug-likeness (QED) is 0.308. The molecule has 0 aromatic carbocycles. The zero-order valence-corrected chi connectivity index (χ0v) is 6.72. The van der Waals surface area contributed by atoms with Gasteiger partial charge in [0, 0.05) is 0 Å². The third-order valence-corrected chi connectivity index (χ3v) is 1.22. The summed E-state index contributed by atoms with van der Waals surface area (Å²) in [5, 5.41) is 0. The Bertz CT molecular complexity index is 118. The fraction of sp³-hybridized carbons (Fsp3) is 0.400. The minimum absolute atomic E-state index is 1.13. The highest BCUT2D eigenvalue weighted by Crippen LogP contribution is 1.96. The van der Waals surface area contributed by atoms with Crippen LogP contribution in [0.3, 0.4) is 0 Å². The molecule has 0 heteroatoms. The minimum atomic E-state index is 1.13. The van der Waals surface area contributed by atoms with Crippen molar-refractivity contribution in [3.8, 4) is 0 Å². The molecule has 0 saturated heterocycles. The first-order chi connectivity index (χ1) is 4.91. The van der Waals surface area contributed by atoms with Gasteiger partial charge < -0.3 is 0 Å². The number of rotatable bonds is 5. The molecular formula is C10H16.